The fraction of sp³-hybridized carbons (Fsp3) is 0.278. The number of ether oxygens (including phenoxy) is 1. The lowest BCUT2D eigenvalue weighted by atomic mass is 10.1. The molecular weight excluding hydrogens is 310 g/mol. The van der Waals surface area contributed by atoms with E-state index in [1.54, 1.807) is 6.07 Å². The molecule has 0 bridgehead atoms. The van der Waals surface area contributed by atoms with Crippen LogP contribution in [-0.4, -0.2) is 19.1 Å². The Labute approximate surface area is 142 Å². The van der Waals surface area contributed by atoms with Crippen LogP contribution in [0.4, 0.5) is 0 Å². The number of rotatable bonds is 7. The molecular formula is C18H22ClN3O. The van der Waals surface area contributed by atoms with Gasteiger partial charge < -0.3 is 15.8 Å². The molecule has 0 atom stereocenters. The molecule has 0 aromatic heterocycles. The van der Waals surface area contributed by atoms with Crippen molar-refractivity contribution in [2.45, 2.75) is 19.9 Å². The van der Waals surface area contributed by atoms with Crippen LogP contribution in [-0.2, 0) is 13.0 Å². The van der Waals surface area contributed by atoms with Gasteiger partial charge in [0.2, 0.25) is 0 Å². The van der Waals surface area contributed by atoms with Gasteiger partial charge >= 0.3 is 0 Å². The van der Waals surface area contributed by atoms with Gasteiger partial charge in [-0.3, -0.25) is 0 Å². The summed E-state index contributed by atoms with van der Waals surface area (Å²) in [5.74, 6) is 1.18. The Morgan fingerprint density at radius 3 is 2.74 bits per heavy atom. The number of hydrogen-bond acceptors (Lipinski definition) is 2. The normalized spacial score (nSPS) is 11.3. The quantitative estimate of drug-likeness (QED) is 0.604. The lowest BCUT2D eigenvalue weighted by Gasteiger charge is -2.10. The summed E-state index contributed by atoms with van der Waals surface area (Å²) >= 11 is 5.99. The van der Waals surface area contributed by atoms with E-state index in [2.05, 4.69) is 22.4 Å². The first-order chi connectivity index (χ1) is 11.2. The van der Waals surface area contributed by atoms with Crippen molar-refractivity contribution < 1.29 is 4.74 Å². The maximum atomic E-state index is 5.99. The van der Waals surface area contributed by atoms with E-state index in [-0.39, 0.29) is 0 Å². The summed E-state index contributed by atoms with van der Waals surface area (Å²) in [7, 11) is 0. The molecule has 5 heteroatoms. The Morgan fingerprint density at radius 1 is 1.22 bits per heavy atom. The molecule has 0 aliphatic carbocycles. The van der Waals surface area contributed by atoms with Crippen molar-refractivity contribution in [2.24, 2.45) is 10.7 Å². The Balaban J connectivity index is 1.87. The standard InChI is InChI=1S/C18H22ClN3O/c1-2-23-17-12-16(19)9-8-15(17)13-22-18(20)21-11-10-14-6-4-3-5-7-14/h3-9,12H,2,10-11,13H2,1H3,(H3,20,21,22). The van der Waals surface area contributed by atoms with Gasteiger partial charge in [0.05, 0.1) is 13.2 Å². The van der Waals surface area contributed by atoms with Gasteiger partial charge in [0.25, 0.3) is 0 Å². The summed E-state index contributed by atoms with van der Waals surface area (Å²) in [6, 6.07) is 15.8. The van der Waals surface area contributed by atoms with Crippen LogP contribution in [0.15, 0.2) is 53.5 Å². The van der Waals surface area contributed by atoms with Gasteiger partial charge in [-0.25, -0.2) is 4.99 Å². The predicted octanol–water partition coefficient (Wildman–Crippen LogP) is 3.39. The van der Waals surface area contributed by atoms with Crippen molar-refractivity contribution in [3.63, 3.8) is 0 Å². The Morgan fingerprint density at radius 2 is 2.00 bits per heavy atom. The van der Waals surface area contributed by atoms with Crippen LogP contribution < -0.4 is 15.8 Å². The number of guanidine groups is 1. The molecule has 2 aromatic rings. The van der Waals surface area contributed by atoms with Crippen LogP contribution in [0.3, 0.4) is 0 Å². The zero-order valence-electron chi connectivity index (χ0n) is 13.3. The molecule has 0 saturated carbocycles. The number of halogens is 1. The van der Waals surface area contributed by atoms with E-state index in [1.807, 2.05) is 37.3 Å². The van der Waals surface area contributed by atoms with Crippen molar-refractivity contribution in [1.29, 1.82) is 0 Å². The van der Waals surface area contributed by atoms with E-state index in [0.717, 1.165) is 24.3 Å². The molecule has 0 aliphatic rings. The second kappa shape index (κ2) is 9.06. The van der Waals surface area contributed by atoms with E-state index in [9.17, 15) is 0 Å². The van der Waals surface area contributed by atoms with Crippen molar-refractivity contribution >= 4 is 17.6 Å². The lowest BCUT2D eigenvalue weighted by Crippen LogP contribution is -2.33. The van der Waals surface area contributed by atoms with Gasteiger partial charge in [-0.15, -0.1) is 0 Å². The van der Waals surface area contributed by atoms with Crippen LogP contribution >= 0.6 is 11.6 Å². The molecule has 0 unspecified atom stereocenters. The fourth-order valence-electron chi connectivity index (χ4n) is 2.15. The summed E-state index contributed by atoms with van der Waals surface area (Å²) in [4.78, 5) is 4.36. The maximum absolute atomic E-state index is 5.99. The van der Waals surface area contributed by atoms with Crippen LogP contribution in [0.5, 0.6) is 5.75 Å². The molecule has 4 nitrogen and oxygen atoms in total. The van der Waals surface area contributed by atoms with Crippen molar-refractivity contribution in [1.82, 2.24) is 5.32 Å². The van der Waals surface area contributed by atoms with Crippen LogP contribution in [0.2, 0.25) is 5.02 Å². The summed E-state index contributed by atoms with van der Waals surface area (Å²) in [5.41, 5.74) is 8.14. The van der Waals surface area contributed by atoms with Gasteiger partial charge in [-0.05, 0) is 31.0 Å². The number of hydrogen-bond donors (Lipinski definition) is 2. The predicted molar refractivity (Wildman–Crippen MR) is 96.1 cm³/mol. The van der Waals surface area contributed by atoms with Gasteiger partial charge in [-0.2, -0.15) is 0 Å². The number of nitrogens with zero attached hydrogens (tertiary/aromatic N) is 1. The minimum atomic E-state index is 0.429. The smallest absolute Gasteiger partial charge is 0.188 e. The minimum absolute atomic E-state index is 0.429. The van der Waals surface area contributed by atoms with Crippen LogP contribution in [0.1, 0.15) is 18.1 Å². The van der Waals surface area contributed by atoms with Crippen molar-refractivity contribution in [2.75, 3.05) is 13.2 Å². The zero-order chi connectivity index (χ0) is 16.5. The van der Waals surface area contributed by atoms with Crippen LogP contribution in [0.25, 0.3) is 0 Å². The van der Waals surface area contributed by atoms with E-state index in [4.69, 9.17) is 22.1 Å². The van der Waals surface area contributed by atoms with Gasteiger partial charge in [0, 0.05) is 17.1 Å². The highest BCUT2D eigenvalue weighted by Gasteiger charge is 2.04. The van der Waals surface area contributed by atoms with E-state index < -0.39 is 0 Å². The molecule has 0 fully saturated rings. The topological polar surface area (TPSA) is 59.6 Å². The molecule has 0 aliphatic heterocycles. The monoisotopic (exact) mass is 331 g/mol. The summed E-state index contributed by atoms with van der Waals surface area (Å²) in [6.45, 7) is 3.73. The summed E-state index contributed by atoms with van der Waals surface area (Å²) in [6.07, 6.45) is 0.905. The first kappa shape index (κ1) is 17.2. The fourth-order valence-corrected chi connectivity index (χ4v) is 2.32. The third-order valence-corrected chi connectivity index (χ3v) is 3.55. The molecule has 2 rings (SSSR count). The highest BCUT2D eigenvalue weighted by molar-refractivity contribution is 6.30. The van der Waals surface area contributed by atoms with Crippen molar-refractivity contribution in [3.8, 4) is 5.75 Å². The first-order valence-corrected chi connectivity index (χ1v) is 8.05. The van der Waals surface area contributed by atoms with Gasteiger partial charge in [-0.1, -0.05) is 48.0 Å². The molecule has 2 aromatic carbocycles. The Bertz CT molecular complexity index is 644. The number of nitrogens with one attached hydrogen (secondary N) is 1. The minimum Gasteiger partial charge on any atom is -0.493 e. The average molecular weight is 332 g/mol. The van der Waals surface area contributed by atoms with Crippen LogP contribution in [0, 0.1) is 0 Å². The summed E-state index contributed by atoms with van der Waals surface area (Å²) in [5, 5.41) is 3.77. The van der Waals surface area contributed by atoms with Gasteiger partial charge in [0.1, 0.15) is 5.75 Å². The lowest BCUT2D eigenvalue weighted by molar-refractivity contribution is 0.336. The molecule has 122 valence electrons. The second-order valence-electron chi connectivity index (χ2n) is 5.05. The Kier molecular flexibility index (Phi) is 6.76. The zero-order valence-corrected chi connectivity index (χ0v) is 14.0. The molecule has 0 radical (unpaired) electrons. The maximum Gasteiger partial charge on any atom is 0.188 e. The van der Waals surface area contributed by atoms with E-state index >= 15 is 0 Å². The highest BCUT2D eigenvalue weighted by Crippen LogP contribution is 2.24. The molecule has 3 N–H and O–H groups in total. The third-order valence-electron chi connectivity index (χ3n) is 3.31. The van der Waals surface area contributed by atoms with Gasteiger partial charge in [0.15, 0.2) is 5.96 Å². The van der Waals surface area contributed by atoms with E-state index in [0.29, 0.717) is 24.1 Å². The SMILES string of the molecule is CCOc1cc(Cl)ccc1CN=C(N)NCCc1ccccc1. The second-order valence-corrected chi connectivity index (χ2v) is 5.49. The first-order valence-electron chi connectivity index (χ1n) is 7.68. The number of aliphatic imine (C=N–C) groups is 1. The Hall–Kier alpha value is -2.20. The third kappa shape index (κ3) is 5.83. The molecule has 23 heavy (non-hydrogen) atoms. The summed E-state index contributed by atoms with van der Waals surface area (Å²) < 4.78 is 5.57. The van der Waals surface area contributed by atoms with Crippen molar-refractivity contribution in [3.05, 3.63) is 64.7 Å². The van der Waals surface area contributed by atoms with E-state index in [1.165, 1.54) is 5.56 Å². The molecule has 0 heterocycles. The average Bonchev–Trinajstić information content (AvgIpc) is 2.55. The largest absolute Gasteiger partial charge is 0.493 e. The highest BCUT2D eigenvalue weighted by atomic mass is 35.5. The number of nitrogens with two attached hydrogens (primary N) is 1. The molecule has 0 amide bonds. The molecule has 0 saturated heterocycles. The number of benzene rings is 2. The molecule has 0 spiro atoms.